The molecule has 0 radical (unpaired) electrons. The third-order valence-corrected chi connectivity index (χ3v) is 3.43. The van der Waals surface area contributed by atoms with Crippen molar-refractivity contribution in [3.8, 4) is 0 Å². The molecule has 3 aromatic rings. The van der Waals surface area contributed by atoms with E-state index in [4.69, 9.17) is 0 Å². The maximum absolute atomic E-state index is 12.1. The van der Waals surface area contributed by atoms with Crippen LogP contribution in [0.5, 0.6) is 0 Å². The second-order valence-corrected chi connectivity index (χ2v) is 5.09. The number of carbonyl (C=O) groups is 1. The first-order chi connectivity index (χ1) is 10.6. The molecule has 2 N–H and O–H groups in total. The minimum atomic E-state index is -0.190. The molecule has 0 unspecified atom stereocenters. The molecule has 1 aromatic carbocycles. The number of aromatic amines is 1. The second-order valence-electron chi connectivity index (χ2n) is 5.09. The summed E-state index contributed by atoms with van der Waals surface area (Å²) < 4.78 is 1.47. The summed E-state index contributed by atoms with van der Waals surface area (Å²) in [5.41, 5.74) is 2.00. The Hall–Kier alpha value is -2.89. The zero-order valence-corrected chi connectivity index (χ0v) is 12.2. The molecule has 2 heterocycles. The van der Waals surface area contributed by atoms with E-state index in [9.17, 15) is 9.59 Å². The van der Waals surface area contributed by atoms with Gasteiger partial charge in [-0.1, -0.05) is 18.2 Å². The fourth-order valence-corrected chi connectivity index (χ4v) is 2.27. The molecule has 22 heavy (non-hydrogen) atoms. The van der Waals surface area contributed by atoms with E-state index < -0.39 is 0 Å². The summed E-state index contributed by atoms with van der Waals surface area (Å²) in [7, 11) is 0. The Labute approximate surface area is 126 Å². The monoisotopic (exact) mass is 296 g/mol. The van der Waals surface area contributed by atoms with Crippen molar-refractivity contribution < 1.29 is 4.79 Å². The zero-order chi connectivity index (χ0) is 15.5. The number of nitrogens with one attached hydrogen (secondary N) is 2. The number of para-hydroxylation sites is 1. The summed E-state index contributed by atoms with van der Waals surface area (Å²) in [4.78, 5) is 30.9. The Morgan fingerprint density at radius 1 is 1.32 bits per heavy atom. The van der Waals surface area contributed by atoms with Gasteiger partial charge >= 0.3 is 0 Å². The van der Waals surface area contributed by atoms with Crippen LogP contribution >= 0.6 is 0 Å². The van der Waals surface area contributed by atoms with Gasteiger partial charge in [0.2, 0.25) is 0 Å². The maximum Gasteiger partial charge on any atom is 0.267 e. The lowest BCUT2D eigenvalue weighted by molar-refractivity contribution is 0.0948. The second kappa shape index (κ2) is 5.85. The smallest absolute Gasteiger partial charge is 0.267 e. The summed E-state index contributed by atoms with van der Waals surface area (Å²) in [6.07, 6.45) is 1.49. The number of hydrogen-bond acceptors (Lipinski definition) is 3. The lowest BCUT2D eigenvalue weighted by Gasteiger charge is -2.06. The van der Waals surface area contributed by atoms with Gasteiger partial charge in [0, 0.05) is 35.8 Å². The number of nitrogens with zero attached hydrogens (tertiary/aromatic N) is 2. The first-order valence-corrected chi connectivity index (χ1v) is 7.02. The Kier molecular flexibility index (Phi) is 3.74. The highest BCUT2D eigenvalue weighted by atomic mass is 16.2. The number of H-pyrrole nitrogens is 1. The molecule has 0 atom stereocenters. The highest BCUT2D eigenvalue weighted by molar-refractivity contribution is 5.97. The van der Waals surface area contributed by atoms with Crippen LogP contribution < -0.4 is 10.9 Å². The summed E-state index contributed by atoms with van der Waals surface area (Å²) in [5, 5.41) is 3.78. The van der Waals surface area contributed by atoms with Gasteiger partial charge in [-0.2, -0.15) is 0 Å². The molecular formula is C16H16N4O2. The standard InChI is InChI=1S/C16H16N4O2/c1-11-8-15(21)20(10-18-11)7-6-17-16(22)14-9-12-4-2-3-5-13(12)19-14/h2-5,8-10,19H,6-7H2,1H3,(H,17,22). The number of carbonyl (C=O) groups excluding carboxylic acids is 1. The van der Waals surface area contributed by atoms with Crippen LogP contribution in [0.25, 0.3) is 10.9 Å². The Bertz CT molecular complexity index is 846. The number of aryl methyl sites for hydroxylation is 1. The number of rotatable bonds is 4. The quantitative estimate of drug-likeness (QED) is 0.765. The molecule has 6 nitrogen and oxygen atoms in total. The van der Waals surface area contributed by atoms with Crippen molar-refractivity contribution in [2.45, 2.75) is 13.5 Å². The van der Waals surface area contributed by atoms with E-state index in [-0.39, 0.29) is 11.5 Å². The number of aromatic nitrogens is 3. The van der Waals surface area contributed by atoms with E-state index in [0.717, 1.165) is 10.9 Å². The van der Waals surface area contributed by atoms with Crippen LogP contribution in [0.15, 0.2) is 47.5 Å². The molecule has 0 aliphatic carbocycles. The average Bonchev–Trinajstić information content (AvgIpc) is 2.93. The van der Waals surface area contributed by atoms with E-state index in [0.29, 0.717) is 24.5 Å². The predicted octanol–water partition coefficient (Wildman–Crippen LogP) is 1.46. The van der Waals surface area contributed by atoms with Crippen molar-refractivity contribution in [3.05, 3.63) is 64.5 Å². The highest BCUT2D eigenvalue weighted by Gasteiger charge is 2.08. The largest absolute Gasteiger partial charge is 0.351 e. The van der Waals surface area contributed by atoms with Crippen LogP contribution in [0.2, 0.25) is 0 Å². The van der Waals surface area contributed by atoms with Crippen molar-refractivity contribution in [2.24, 2.45) is 0 Å². The highest BCUT2D eigenvalue weighted by Crippen LogP contribution is 2.14. The van der Waals surface area contributed by atoms with Crippen molar-refractivity contribution in [2.75, 3.05) is 6.54 Å². The first-order valence-electron chi connectivity index (χ1n) is 7.02. The number of amides is 1. The number of fused-ring (bicyclic) bond motifs is 1. The van der Waals surface area contributed by atoms with Crippen molar-refractivity contribution in [1.82, 2.24) is 19.9 Å². The minimum Gasteiger partial charge on any atom is -0.351 e. The van der Waals surface area contributed by atoms with Gasteiger partial charge < -0.3 is 10.3 Å². The average molecular weight is 296 g/mol. The van der Waals surface area contributed by atoms with E-state index in [1.807, 2.05) is 30.3 Å². The number of benzene rings is 1. The van der Waals surface area contributed by atoms with Crippen LogP contribution in [0.3, 0.4) is 0 Å². The topological polar surface area (TPSA) is 79.8 Å². The van der Waals surface area contributed by atoms with E-state index in [1.165, 1.54) is 17.0 Å². The molecule has 0 saturated heterocycles. The Morgan fingerprint density at radius 3 is 2.91 bits per heavy atom. The minimum absolute atomic E-state index is 0.118. The molecular weight excluding hydrogens is 280 g/mol. The molecule has 0 aliphatic heterocycles. The fraction of sp³-hybridized carbons (Fsp3) is 0.188. The molecule has 112 valence electrons. The summed E-state index contributed by atoms with van der Waals surface area (Å²) in [5.74, 6) is -0.190. The summed E-state index contributed by atoms with van der Waals surface area (Å²) in [6.45, 7) is 2.51. The van der Waals surface area contributed by atoms with E-state index in [2.05, 4.69) is 15.3 Å². The lowest BCUT2D eigenvalue weighted by atomic mass is 10.2. The van der Waals surface area contributed by atoms with Crippen molar-refractivity contribution in [1.29, 1.82) is 0 Å². The number of hydrogen-bond donors (Lipinski definition) is 2. The molecule has 3 rings (SSSR count). The molecule has 2 aromatic heterocycles. The van der Waals surface area contributed by atoms with Crippen molar-refractivity contribution in [3.63, 3.8) is 0 Å². The SMILES string of the molecule is Cc1cc(=O)n(CCNC(=O)c2cc3ccccc3[nH]2)cn1. The third-order valence-electron chi connectivity index (χ3n) is 3.43. The summed E-state index contributed by atoms with van der Waals surface area (Å²) in [6, 6.07) is 11.0. The Morgan fingerprint density at radius 2 is 2.14 bits per heavy atom. The predicted molar refractivity (Wildman–Crippen MR) is 83.9 cm³/mol. The van der Waals surface area contributed by atoms with Crippen molar-refractivity contribution >= 4 is 16.8 Å². The van der Waals surface area contributed by atoms with Gasteiger partial charge in [-0.15, -0.1) is 0 Å². The van der Waals surface area contributed by atoms with Crippen LogP contribution in [0.1, 0.15) is 16.2 Å². The van der Waals surface area contributed by atoms with Gasteiger partial charge in [0.15, 0.2) is 0 Å². The first kappa shape index (κ1) is 14.1. The van der Waals surface area contributed by atoms with Gasteiger partial charge in [0.1, 0.15) is 5.69 Å². The van der Waals surface area contributed by atoms with Gasteiger partial charge in [0.05, 0.1) is 6.33 Å². The van der Waals surface area contributed by atoms with Gasteiger partial charge in [-0.25, -0.2) is 4.98 Å². The lowest BCUT2D eigenvalue weighted by Crippen LogP contribution is -2.31. The molecule has 0 aliphatic rings. The van der Waals surface area contributed by atoms with Gasteiger partial charge in [-0.3, -0.25) is 14.2 Å². The molecule has 0 bridgehead atoms. The van der Waals surface area contributed by atoms with E-state index in [1.54, 1.807) is 6.92 Å². The summed E-state index contributed by atoms with van der Waals surface area (Å²) >= 11 is 0. The van der Waals surface area contributed by atoms with E-state index >= 15 is 0 Å². The van der Waals surface area contributed by atoms with Crippen LogP contribution in [0.4, 0.5) is 0 Å². The Balaban J connectivity index is 1.63. The molecule has 6 heteroatoms. The fourth-order valence-electron chi connectivity index (χ4n) is 2.27. The van der Waals surface area contributed by atoms with Crippen LogP contribution in [-0.2, 0) is 6.54 Å². The normalized spacial score (nSPS) is 10.8. The van der Waals surface area contributed by atoms with Crippen LogP contribution in [-0.4, -0.2) is 27.0 Å². The maximum atomic E-state index is 12.1. The van der Waals surface area contributed by atoms with Gasteiger partial charge in [0.25, 0.3) is 11.5 Å². The third kappa shape index (κ3) is 2.90. The van der Waals surface area contributed by atoms with Crippen LogP contribution in [0, 0.1) is 6.92 Å². The molecule has 0 saturated carbocycles. The van der Waals surface area contributed by atoms with Gasteiger partial charge in [-0.05, 0) is 19.1 Å². The molecule has 1 amide bonds. The molecule has 0 fully saturated rings. The molecule has 0 spiro atoms. The zero-order valence-electron chi connectivity index (χ0n) is 12.2.